The van der Waals surface area contributed by atoms with Gasteiger partial charge in [-0.1, -0.05) is 23.7 Å². The van der Waals surface area contributed by atoms with Gasteiger partial charge in [-0.05, 0) is 25.0 Å². The lowest BCUT2D eigenvalue weighted by molar-refractivity contribution is -0.118. The fraction of sp³-hybridized carbons (Fsp3) is 0.467. The topological polar surface area (TPSA) is 56.1 Å². The van der Waals surface area contributed by atoms with E-state index in [1.807, 2.05) is 43.3 Å². The van der Waals surface area contributed by atoms with Gasteiger partial charge in [-0.15, -0.1) is 0 Å². The van der Waals surface area contributed by atoms with Gasteiger partial charge in [0, 0.05) is 32.6 Å². The third-order valence-electron chi connectivity index (χ3n) is 3.53. The smallest absolute Gasteiger partial charge is 0.226 e. The summed E-state index contributed by atoms with van der Waals surface area (Å²) in [6.07, 6.45) is 3.63. The van der Waals surface area contributed by atoms with Crippen molar-refractivity contribution in [3.8, 4) is 0 Å². The van der Waals surface area contributed by atoms with Crippen LogP contribution in [0, 0.1) is 0 Å². The fourth-order valence-electron chi connectivity index (χ4n) is 2.52. The molecule has 108 valence electrons. The summed E-state index contributed by atoms with van der Waals surface area (Å²) in [6.45, 7) is 0.724. The number of oxime groups is 1. The zero-order chi connectivity index (χ0) is 14.5. The third-order valence-corrected chi connectivity index (χ3v) is 3.53. The van der Waals surface area contributed by atoms with E-state index in [1.54, 1.807) is 4.90 Å². The Morgan fingerprint density at radius 3 is 2.70 bits per heavy atom. The largest absolute Gasteiger partial charge is 0.409 e. The minimum atomic E-state index is 0.144. The molecule has 1 saturated heterocycles. The number of rotatable bonds is 2. The zero-order valence-corrected chi connectivity index (χ0v) is 12.0. The minimum absolute atomic E-state index is 0.144. The number of amidine groups is 1. The molecule has 2 rings (SSSR count). The first-order chi connectivity index (χ1) is 9.65. The molecule has 1 amide bonds. The Morgan fingerprint density at radius 1 is 1.25 bits per heavy atom. The highest BCUT2D eigenvalue weighted by atomic mass is 16.4. The van der Waals surface area contributed by atoms with E-state index >= 15 is 0 Å². The second-order valence-corrected chi connectivity index (χ2v) is 5.19. The average Bonchev–Trinajstić information content (AvgIpc) is 2.64. The van der Waals surface area contributed by atoms with Crippen molar-refractivity contribution in [2.75, 3.05) is 25.5 Å². The van der Waals surface area contributed by atoms with E-state index < -0.39 is 0 Å². The second kappa shape index (κ2) is 6.41. The maximum Gasteiger partial charge on any atom is 0.226 e. The van der Waals surface area contributed by atoms with Gasteiger partial charge in [0.15, 0.2) is 5.84 Å². The van der Waals surface area contributed by atoms with Crippen molar-refractivity contribution >= 4 is 17.4 Å². The van der Waals surface area contributed by atoms with Gasteiger partial charge in [-0.2, -0.15) is 0 Å². The molecule has 0 bridgehead atoms. The molecule has 1 aliphatic rings. The van der Waals surface area contributed by atoms with Crippen LogP contribution in [0.15, 0.2) is 29.4 Å². The molecular formula is C15H21N3O2. The number of hydrogen-bond acceptors (Lipinski definition) is 3. The predicted molar refractivity (Wildman–Crippen MR) is 79.3 cm³/mol. The monoisotopic (exact) mass is 275 g/mol. The lowest BCUT2D eigenvalue weighted by atomic mass is 10.1. The van der Waals surface area contributed by atoms with Gasteiger partial charge in [0.1, 0.15) is 0 Å². The molecule has 5 heteroatoms. The molecule has 0 unspecified atom stereocenters. The third kappa shape index (κ3) is 2.92. The van der Waals surface area contributed by atoms with Crippen molar-refractivity contribution in [1.29, 1.82) is 0 Å². The second-order valence-electron chi connectivity index (χ2n) is 5.19. The van der Waals surface area contributed by atoms with Gasteiger partial charge < -0.3 is 15.0 Å². The summed E-state index contributed by atoms with van der Waals surface area (Å²) in [6, 6.07) is 7.58. The molecule has 0 aliphatic carbocycles. The van der Waals surface area contributed by atoms with Crippen LogP contribution in [0.25, 0.3) is 0 Å². The molecule has 1 fully saturated rings. The lowest BCUT2D eigenvalue weighted by Gasteiger charge is -2.25. The van der Waals surface area contributed by atoms with Crippen LogP contribution in [-0.2, 0) is 4.79 Å². The Balaban J connectivity index is 2.43. The van der Waals surface area contributed by atoms with E-state index in [-0.39, 0.29) is 5.91 Å². The molecule has 0 spiro atoms. The van der Waals surface area contributed by atoms with Crippen molar-refractivity contribution in [2.45, 2.75) is 25.7 Å². The number of carbonyl (C=O) groups excluding carboxylic acids is 1. The van der Waals surface area contributed by atoms with Gasteiger partial charge in [0.05, 0.1) is 5.69 Å². The quantitative estimate of drug-likeness (QED) is 0.390. The average molecular weight is 275 g/mol. The standard InChI is InChI=1S/C15H21N3O2/c1-17(2)15(16-20)12-8-5-6-9-13(12)18-11-7-3-4-10-14(18)19/h5-6,8-9,20H,3-4,7,10-11H2,1-2H3/b16-15-. The Bertz CT molecular complexity index is 512. The van der Waals surface area contributed by atoms with E-state index in [1.165, 1.54) is 0 Å². The number of para-hydroxylation sites is 1. The number of nitrogens with zero attached hydrogens (tertiary/aromatic N) is 3. The van der Waals surface area contributed by atoms with Gasteiger partial charge in [-0.25, -0.2) is 0 Å². The summed E-state index contributed by atoms with van der Waals surface area (Å²) >= 11 is 0. The van der Waals surface area contributed by atoms with Crippen molar-refractivity contribution in [2.24, 2.45) is 5.16 Å². The molecule has 20 heavy (non-hydrogen) atoms. The Kier molecular flexibility index (Phi) is 4.61. The zero-order valence-electron chi connectivity index (χ0n) is 12.0. The predicted octanol–water partition coefficient (Wildman–Crippen LogP) is 2.29. The number of anilines is 1. The van der Waals surface area contributed by atoms with Crippen molar-refractivity contribution < 1.29 is 10.0 Å². The Labute approximate surface area is 119 Å². The molecule has 1 aromatic carbocycles. The fourth-order valence-corrected chi connectivity index (χ4v) is 2.52. The van der Waals surface area contributed by atoms with E-state index in [0.717, 1.165) is 37.1 Å². The van der Waals surface area contributed by atoms with Crippen molar-refractivity contribution in [3.63, 3.8) is 0 Å². The molecule has 5 nitrogen and oxygen atoms in total. The number of carbonyl (C=O) groups is 1. The van der Waals surface area contributed by atoms with Crippen LogP contribution in [0.3, 0.4) is 0 Å². The van der Waals surface area contributed by atoms with Gasteiger partial charge in [0.25, 0.3) is 0 Å². The summed E-state index contributed by atoms with van der Waals surface area (Å²) < 4.78 is 0. The number of benzene rings is 1. The molecule has 1 aliphatic heterocycles. The highest BCUT2D eigenvalue weighted by Crippen LogP contribution is 2.25. The lowest BCUT2D eigenvalue weighted by Crippen LogP contribution is -2.33. The summed E-state index contributed by atoms with van der Waals surface area (Å²) in [4.78, 5) is 15.8. The first-order valence-electron chi connectivity index (χ1n) is 6.94. The van der Waals surface area contributed by atoms with Crippen LogP contribution in [0.4, 0.5) is 5.69 Å². The van der Waals surface area contributed by atoms with E-state index in [0.29, 0.717) is 12.3 Å². The molecule has 0 radical (unpaired) electrons. The number of amides is 1. The Morgan fingerprint density at radius 2 is 2.00 bits per heavy atom. The van der Waals surface area contributed by atoms with Gasteiger partial charge in [0.2, 0.25) is 5.91 Å². The van der Waals surface area contributed by atoms with Gasteiger partial charge >= 0.3 is 0 Å². The summed E-state index contributed by atoms with van der Waals surface area (Å²) in [7, 11) is 3.63. The maximum absolute atomic E-state index is 12.3. The van der Waals surface area contributed by atoms with Crippen molar-refractivity contribution in [3.05, 3.63) is 29.8 Å². The van der Waals surface area contributed by atoms with E-state index in [9.17, 15) is 10.0 Å². The molecule has 1 aromatic rings. The first-order valence-corrected chi connectivity index (χ1v) is 6.94. The van der Waals surface area contributed by atoms with E-state index in [4.69, 9.17) is 0 Å². The molecule has 1 heterocycles. The van der Waals surface area contributed by atoms with Gasteiger partial charge in [-0.3, -0.25) is 4.79 Å². The van der Waals surface area contributed by atoms with Crippen LogP contribution < -0.4 is 4.90 Å². The van der Waals surface area contributed by atoms with Crippen LogP contribution in [0.1, 0.15) is 31.2 Å². The van der Waals surface area contributed by atoms with Crippen molar-refractivity contribution in [1.82, 2.24) is 4.90 Å². The summed E-state index contributed by atoms with van der Waals surface area (Å²) in [5.74, 6) is 0.601. The highest BCUT2D eigenvalue weighted by Gasteiger charge is 2.22. The van der Waals surface area contributed by atoms with Crippen LogP contribution >= 0.6 is 0 Å². The minimum Gasteiger partial charge on any atom is -0.409 e. The molecule has 0 saturated carbocycles. The normalized spacial score (nSPS) is 17.0. The van der Waals surface area contributed by atoms with Crippen LogP contribution in [0.5, 0.6) is 0 Å². The van der Waals surface area contributed by atoms with E-state index in [2.05, 4.69) is 5.16 Å². The summed E-state index contributed by atoms with van der Waals surface area (Å²) in [5, 5.41) is 12.6. The van der Waals surface area contributed by atoms with Crippen LogP contribution in [0.2, 0.25) is 0 Å². The number of hydrogen-bond donors (Lipinski definition) is 1. The SMILES string of the molecule is CN(C)/C(=N\O)c1ccccc1N1CCCCCC1=O. The maximum atomic E-state index is 12.3. The summed E-state index contributed by atoms with van der Waals surface area (Å²) in [5.41, 5.74) is 1.59. The molecule has 1 N–H and O–H groups in total. The molecule has 0 atom stereocenters. The first kappa shape index (κ1) is 14.4. The highest BCUT2D eigenvalue weighted by molar-refractivity contribution is 6.06. The Hall–Kier alpha value is -2.04. The molecule has 0 aromatic heterocycles. The molecular weight excluding hydrogens is 254 g/mol. The van der Waals surface area contributed by atoms with Crippen LogP contribution in [-0.4, -0.2) is 42.5 Å².